The van der Waals surface area contributed by atoms with Gasteiger partial charge in [-0.1, -0.05) is 30.3 Å². The Hall–Kier alpha value is -1.72. The third-order valence-electron chi connectivity index (χ3n) is 3.05. The zero-order valence-electron chi connectivity index (χ0n) is 11.2. The van der Waals surface area contributed by atoms with Gasteiger partial charge in [-0.05, 0) is 46.1 Å². The third-order valence-corrected chi connectivity index (χ3v) is 3.75. The summed E-state index contributed by atoms with van der Waals surface area (Å²) < 4.78 is 13.7. The molecule has 0 bridgehead atoms. The SMILES string of the molecule is O=C(NC(CO)Cc1ccccc1)c1cc(F)ccc1Br. The average Bonchev–Trinajstić information content (AvgIpc) is 2.50. The minimum Gasteiger partial charge on any atom is -0.394 e. The van der Waals surface area contributed by atoms with E-state index in [1.807, 2.05) is 30.3 Å². The van der Waals surface area contributed by atoms with E-state index in [4.69, 9.17) is 0 Å². The Bertz CT molecular complexity index is 619. The van der Waals surface area contributed by atoms with Crippen molar-refractivity contribution in [3.8, 4) is 0 Å². The van der Waals surface area contributed by atoms with E-state index in [0.717, 1.165) is 11.6 Å². The fourth-order valence-corrected chi connectivity index (χ4v) is 2.42. The van der Waals surface area contributed by atoms with Crippen LogP contribution >= 0.6 is 15.9 Å². The highest BCUT2D eigenvalue weighted by molar-refractivity contribution is 9.10. The number of benzene rings is 2. The predicted octanol–water partition coefficient (Wildman–Crippen LogP) is 2.92. The largest absolute Gasteiger partial charge is 0.394 e. The molecule has 3 nitrogen and oxygen atoms in total. The Kier molecular flexibility index (Phi) is 5.47. The van der Waals surface area contributed by atoms with E-state index in [1.54, 1.807) is 0 Å². The lowest BCUT2D eigenvalue weighted by Crippen LogP contribution is -2.39. The summed E-state index contributed by atoms with van der Waals surface area (Å²) in [5.74, 6) is -0.900. The van der Waals surface area contributed by atoms with Crippen LogP contribution in [0.4, 0.5) is 4.39 Å². The van der Waals surface area contributed by atoms with E-state index in [0.29, 0.717) is 10.9 Å². The summed E-state index contributed by atoms with van der Waals surface area (Å²) in [6.07, 6.45) is 0.510. The van der Waals surface area contributed by atoms with E-state index in [1.165, 1.54) is 12.1 Å². The van der Waals surface area contributed by atoms with Crippen LogP contribution in [0.2, 0.25) is 0 Å². The average molecular weight is 352 g/mol. The first-order chi connectivity index (χ1) is 10.1. The summed E-state index contributed by atoms with van der Waals surface area (Å²) in [7, 11) is 0. The van der Waals surface area contributed by atoms with Crippen molar-refractivity contribution in [3.63, 3.8) is 0 Å². The summed E-state index contributed by atoms with van der Waals surface area (Å²) in [6, 6.07) is 13.0. The smallest absolute Gasteiger partial charge is 0.252 e. The second-order valence-electron chi connectivity index (χ2n) is 4.67. The minimum absolute atomic E-state index is 0.187. The molecular weight excluding hydrogens is 337 g/mol. The van der Waals surface area contributed by atoms with Gasteiger partial charge in [0.1, 0.15) is 5.82 Å². The number of carbonyl (C=O) groups is 1. The monoisotopic (exact) mass is 351 g/mol. The third kappa shape index (κ3) is 4.37. The van der Waals surface area contributed by atoms with Gasteiger partial charge in [-0.2, -0.15) is 0 Å². The molecule has 0 fully saturated rings. The van der Waals surface area contributed by atoms with Crippen molar-refractivity contribution in [2.24, 2.45) is 0 Å². The summed E-state index contributed by atoms with van der Waals surface area (Å²) >= 11 is 3.22. The number of hydrogen-bond acceptors (Lipinski definition) is 2. The van der Waals surface area contributed by atoms with Crippen LogP contribution in [-0.2, 0) is 6.42 Å². The van der Waals surface area contributed by atoms with Crippen molar-refractivity contribution in [3.05, 3.63) is 69.9 Å². The predicted molar refractivity (Wildman–Crippen MR) is 82.6 cm³/mol. The molecule has 0 aliphatic carbocycles. The lowest BCUT2D eigenvalue weighted by molar-refractivity contribution is 0.0915. The van der Waals surface area contributed by atoms with Crippen molar-refractivity contribution >= 4 is 21.8 Å². The topological polar surface area (TPSA) is 49.3 Å². The molecule has 0 aliphatic rings. The Morgan fingerprint density at radius 3 is 2.62 bits per heavy atom. The standard InChI is InChI=1S/C16H15BrFNO2/c17-15-7-6-12(18)9-14(15)16(21)19-13(10-20)8-11-4-2-1-3-5-11/h1-7,9,13,20H,8,10H2,(H,19,21). The summed E-state index contributed by atoms with van der Waals surface area (Å²) in [6.45, 7) is -0.187. The van der Waals surface area contributed by atoms with Crippen LogP contribution < -0.4 is 5.32 Å². The molecule has 2 N–H and O–H groups in total. The van der Waals surface area contributed by atoms with Crippen LogP contribution in [0.25, 0.3) is 0 Å². The van der Waals surface area contributed by atoms with Gasteiger partial charge in [0.25, 0.3) is 5.91 Å². The van der Waals surface area contributed by atoms with Gasteiger partial charge in [0.05, 0.1) is 18.2 Å². The second kappa shape index (κ2) is 7.33. The van der Waals surface area contributed by atoms with Crippen molar-refractivity contribution in [2.45, 2.75) is 12.5 Å². The maximum atomic E-state index is 13.2. The van der Waals surface area contributed by atoms with Gasteiger partial charge in [0.2, 0.25) is 0 Å². The molecule has 1 unspecified atom stereocenters. The van der Waals surface area contributed by atoms with Gasteiger partial charge in [-0.15, -0.1) is 0 Å². The Morgan fingerprint density at radius 2 is 1.95 bits per heavy atom. The molecule has 0 radical (unpaired) electrons. The minimum atomic E-state index is -0.480. The fourth-order valence-electron chi connectivity index (χ4n) is 1.99. The molecule has 2 aromatic rings. The van der Waals surface area contributed by atoms with Crippen LogP contribution in [0, 0.1) is 5.82 Å². The zero-order chi connectivity index (χ0) is 15.2. The van der Waals surface area contributed by atoms with Gasteiger partial charge in [0, 0.05) is 4.47 Å². The molecule has 21 heavy (non-hydrogen) atoms. The molecule has 2 aromatic carbocycles. The number of aliphatic hydroxyl groups is 1. The first-order valence-electron chi connectivity index (χ1n) is 6.51. The highest BCUT2D eigenvalue weighted by atomic mass is 79.9. The number of halogens is 2. The van der Waals surface area contributed by atoms with Crippen LogP contribution in [0.5, 0.6) is 0 Å². The first-order valence-corrected chi connectivity index (χ1v) is 7.30. The van der Waals surface area contributed by atoms with Crippen LogP contribution in [0.15, 0.2) is 53.0 Å². The Morgan fingerprint density at radius 1 is 1.24 bits per heavy atom. The maximum absolute atomic E-state index is 13.2. The molecule has 0 spiro atoms. The summed E-state index contributed by atoms with van der Waals surface area (Å²) in [5.41, 5.74) is 1.22. The number of nitrogens with one attached hydrogen (secondary N) is 1. The normalized spacial score (nSPS) is 12.0. The van der Waals surface area contributed by atoms with E-state index in [2.05, 4.69) is 21.2 Å². The quantitative estimate of drug-likeness (QED) is 0.869. The van der Waals surface area contributed by atoms with Crippen LogP contribution in [-0.4, -0.2) is 23.7 Å². The van der Waals surface area contributed by atoms with Gasteiger partial charge in [-0.3, -0.25) is 4.79 Å². The van der Waals surface area contributed by atoms with Crippen molar-refractivity contribution < 1.29 is 14.3 Å². The van der Waals surface area contributed by atoms with E-state index in [-0.39, 0.29) is 12.2 Å². The van der Waals surface area contributed by atoms with Crippen LogP contribution in [0.1, 0.15) is 15.9 Å². The molecule has 2 rings (SSSR count). The van der Waals surface area contributed by atoms with Crippen molar-refractivity contribution in [2.75, 3.05) is 6.61 Å². The summed E-state index contributed by atoms with van der Waals surface area (Å²) in [5, 5.41) is 12.1. The summed E-state index contributed by atoms with van der Waals surface area (Å²) in [4.78, 5) is 12.2. The van der Waals surface area contributed by atoms with E-state index >= 15 is 0 Å². The Labute approximate surface area is 130 Å². The van der Waals surface area contributed by atoms with E-state index in [9.17, 15) is 14.3 Å². The number of rotatable bonds is 5. The molecule has 110 valence electrons. The Balaban J connectivity index is 2.07. The van der Waals surface area contributed by atoms with Crippen molar-refractivity contribution in [1.29, 1.82) is 0 Å². The number of hydrogen-bond donors (Lipinski definition) is 2. The molecular formula is C16H15BrFNO2. The molecule has 0 saturated carbocycles. The molecule has 1 amide bonds. The number of amides is 1. The van der Waals surface area contributed by atoms with Crippen molar-refractivity contribution in [1.82, 2.24) is 5.32 Å². The van der Waals surface area contributed by atoms with Gasteiger partial charge >= 0.3 is 0 Å². The maximum Gasteiger partial charge on any atom is 0.252 e. The highest BCUT2D eigenvalue weighted by Gasteiger charge is 2.16. The molecule has 0 heterocycles. The molecule has 1 atom stereocenters. The van der Waals surface area contributed by atoms with Gasteiger partial charge < -0.3 is 10.4 Å². The van der Waals surface area contributed by atoms with Gasteiger partial charge in [-0.25, -0.2) is 4.39 Å². The molecule has 0 aliphatic heterocycles. The highest BCUT2D eigenvalue weighted by Crippen LogP contribution is 2.18. The zero-order valence-corrected chi connectivity index (χ0v) is 12.8. The molecule has 5 heteroatoms. The number of carbonyl (C=O) groups excluding carboxylic acids is 1. The second-order valence-corrected chi connectivity index (χ2v) is 5.52. The lowest BCUT2D eigenvalue weighted by atomic mass is 10.1. The molecule has 0 saturated heterocycles. The number of aliphatic hydroxyl groups excluding tert-OH is 1. The lowest BCUT2D eigenvalue weighted by Gasteiger charge is -2.17. The van der Waals surface area contributed by atoms with E-state index < -0.39 is 17.8 Å². The van der Waals surface area contributed by atoms with Crippen LogP contribution in [0.3, 0.4) is 0 Å². The van der Waals surface area contributed by atoms with Gasteiger partial charge in [0.15, 0.2) is 0 Å². The first kappa shape index (κ1) is 15.7. The molecule has 0 aromatic heterocycles. The fraction of sp³-hybridized carbons (Fsp3) is 0.188.